The normalized spacial score (nSPS) is 14.6. The number of rotatable bonds is 6. The number of aryl methyl sites for hydroxylation is 2. The van der Waals surface area contributed by atoms with Crippen molar-refractivity contribution in [3.63, 3.8) is 0 Å². The lowest BCUT2D eigenvalue weighted by Gasteiger charge is -2.13. The molecular weight excluding hydrogens is 496 g/mol. The molecule has 0 bridgehead atoms. The van der Waals surface area contributed by atoms with Crippen LogP contribution in [-0.2, 0) is 16.0 Å². The van der Waals surface area contributed by atoms with Crippen molar-refractivity contribution >= 4 is 45.5 Å². The summed E-state index contributed by atoms with van der Waals surface area (Å²) in [6, 6.07) is 16.7. The zero-order valence-corrected chi connectivity index (χ0v) is 20.8. The molecule has 0 spiro atoms. The van der Waals surface area contributed by atoms with Crippen molar-refractivity contribution in [2.24, 2.45) is 0 Å². The smallest absolute Gasteiger partial charge is 0.324 e. The minimum atomic E-state index is -0.615. The van der Waals surface area contributed by atoms with Crippen molar-refractivity contribution in [3.05, 3.63) is 87.3 Å². The van der Waals surface area contributed by atoms with Gasteiger partial charge in [0.2, 0.25) is 5.91 Å². The molecule has 2 aromatic carbocycles. The van der Waals surface area contributed by atoms with Crippen LogP contribution in [0.3, 0.4) is 0 Å². The molecule has 7 nitrogen and oxygen atoms in total. The number of amides is 4. The standard InChI is InChI=1S/C26H25BrN4O3/c1-4-18-8-5-6-11-22(18)28-24(32)15-30-25(33)23(29-26(30)34)13-19-12-16(2)31(17(19)3)21-10-7-9-20(27)14-21/h5-14H,4,15H2,1-3H3,(H,28,32)(H,29,34)/b23-13+. The van der Waals surface area contributed by atoms with Crippen molar-refractivity contribution in [1.82, 2.24) is 14.8 Å². The molecule has 0 atom stereocenters. The van der Waals surface area contributed by atoms with Crippen molar-refractivity contribution in [2.75, 3.05) is 11.9 Å². The van der Waals surface area contributed by atoms with E-state index < -0.39 is 17.8 Å². The van der Waals surface area contributed by atoms with Crippen LogP contribution in [0, 0.1) is 13.8 Å². The third-order valence-corrected chi connectivity index (χ3v) is 6.27. The minimum absolute atomic E-state index is 0.140. The van der Waals surface area contributed by atoms with E-state index in [2.05, 4.69) is 31.1 Å². The number of carbonyl (C=O) groups is 3. The highest BCUT2D eigenvalue weighted by Crippen LogP contribution is 2.25. The number of hydrogen-bond acceptors (Lipinski definition) is 3. The third-order valence-electron chi connectivity index (χ3n) is 5.77. The maximum Gasteiger partial charge on any atom is 0.329 e. The van der Waals surface area contributed by atoms with Crippen LogP contribution in [0.25, 0.3) is 11.8 Å². The fourth-order valence-corrected chi connectivity index (χ4v) is 4.49. The summed E-state index contributed by atoms with van der Waals surface area (Å²) >= 11 is 3.50. The summed E-state index contributed by atoms with van der Waals surface area (Å²) in [5.74, 6) is -0.963. The molecule has 4 amide bonds. The lowest BCUT2D eigenvalue weighted by molar-refractivity contribution is -0.127. The zero-order valence-electron chi connectivity index (χ0n) is 19.2. The number of halogens is 1. The number of imide groups is 1. The van der Waals surface area contributed by atoms with Crippen LogP contribution in [0.2, 0.25) is 0 Å². The Bertz CT molecular complexity index is 1330. The topological polar surface area (TPSA) is 83.4 Å². The Hall–Kier alpha value is -3.65. The molecule has 1 fully saturated rings. The number of anilines is 1. The molecule has 8 heteroatoms. The highest BCUT2D eigenvalue weighted by molar-refractivity contribution is 9.10. The number of hydrogen-bond donors (Lipinski definition) is 2. The van der Waals surface area contributed by atoms with E-state index in [4.69, 9.17) is 0 Å². The molecule has 0 radical (unpaired) electrons. The van der Waals surface area contributed by atoms with Crippen LogP contribution >= 0.6 is 15.9 Å². The summed E-state index contributed by atoms with van der Waals surface area (Å²) in [6.45, 7) is 5.57. The maximum atomic E-state index is 12.9. The van der Waals surface area contributed by atoms with Gasteiger partial charge < -0.3 is 15.2 Å². The number of para-hydroxylation sites is 1. The molecule has 34 heavy (non-hydrogen) atoms. The minimum Gasteiger partial charge on any atom is -0.324 e. The molecule has 2 heterocycles. The number of benzene rings is 2. The van der Waals surface area contributed by atoms with Crippen LogP contribution in [0.4, 0.5) is 10.5 Å². The summed E-state index contributed by atoms with van der Waals surface area (Å²) < 4.78 is 3.04. The van der Waals surface area contributed by atoms with Gasteiger partial charge >= 0.3 is 6.03 Å². The highest BCUT2D eigenvalue weighted by Gasteiger charge is 2.35. The van der Waals surface area contributed by atoms with Crippen LogP contribution < -0.4 is 10.6 Å². The van der Waals surface area contributed by atoms with Gasteiger partial charge in [0.25, 0.3) is 5.91 Å². The first kappa shape index (κ1) is 23.5. The lowest BCUT2D eigenvalue weighted by Crippen LogP contribution is -2.38. The Balaban J connectivity index is 1.53. The molecule has 4 rings (SSSR count). The van der Waals surface area contributed by atoms with Gasteiger partial charge in [-0.1, -0.05) is 47.1 Å². The summed E-state index contributed by atoms with van der Waals surface area (Å²) in [5.41, 5.74) is 5.52. The molecule has 2 N–H and O–H groups in total. The molecule has 1 saturated heterocycles. The van der Waals surface area contributed by atoms with Crippen molar-refractivity contribution in [1.29, 1.82) is 0 Å². The summed E-state index contributed by atoms with van der Waals surface area (Å²) in [4.78, 5) is 38.9. The lowest BCUT2D eigenvalue weighted by atomic mass is 10.1. The summed E-state index contributed by atoms with van der Waals surface area (Å²) in [7, 11) is 0. The molecule has 0 saturated carbocycles. The molecule has 0 unspecified atom stereocenters. The van der Waals surface area contributed by atoms with Gasteiger partial charge in [-0.15, -0.1) is 0 Å². The Morgan fingerprint density at radius 1 is 1.09 bits per heavy atom. The first-order chi connectivity index (χ1) is 16.3. The molecule has 1 aliphatic rings. The first-order valence-electron chi connectivity index (χ1n) is 11.0. The number of carbonyl (C=O) groups excluding carboxylic acids is 3. The van der Waals surface area contributed by atoms with Gasteiger partial charge in [-0.3, -0.25) is 9.59 Å². The molecule has 1 aliphatic heterocycles. The van der Waals surface area contributed by atoms with E-state index in [1.54, 1.807) is 12.1 Å². The van der Waals surface area contributed by atoms with Gasteiger partial charge in [0, 0.05) is 27.2 Å². The Labute approximate surface area is 206 Å². The molecule has 174 valence electrons. The predicted octanol–water partition coefficient (Wildman–Crippen LogP) is 4.95. The average molecular weight is 521 g/mol. The zero-order chi connectivity index (χ0) is 24.4. The van der Waals surface area contributed by atoms with Crippen LogP contribution in [0.15, 0.2) is 64.8 Å². The van der Waals surface area contributed by atoms with Gasteiger partial charge in [0.05, 0.1) is 0 Å². The summed E-state index contributed by atoms with van der Waals surface area (Å²) in [5, 5.41) is 5.40. The number of nitrogens with zero attached hydrogens (tertiary/aromatic N) is 2. The number of nitrogens with one attached hydrogen (secondary N) is 2. The van der Waals surface area contributed by atoms with E-state index in [-0.39, 0.29) is 12.2 Å². The van der Waals surface area contributed by atoms with E-state index in [0.29, 0.717) is 5.69 Å². The molecule has 0 aliphatic carbocycles. The Morgan fingerprint density at radius 2 is 1.85 bits per heavy atom. The highest BCUT2D eigenvalue weighted by atomic mass is 79.9. The summed E-state index contributed by atoms with van der Waals surface area (Å²) in [6.07, 6.45) is 2.41. The fraction of sp³-hybridized carbons (Fsp3) is 0.192. The second-order valence-electron chi connectivity index (χ2n) is 8.08. The van der Waals surface area contributed by atoms with Crippen LogP contribution in [-0.4, -0.2) is 33.9 Å². The average Bonchev–Trinajstić information content (AvgIpc) is 3.23. The van der Waals surface area contributed by atoms with E-state index in [0.717, 1.165) is 44.0 Å². The largest absolute Gasteiger partial charge is 0.329 e. The van der Waals surface area contributed by atoms with E-state index in [1.807, 2.05) is 69.3 Å². The van der Waals surface area contributed by atoms with Gasteiger partial charge in [0.15, 0.2) is 0 Å². The predicted molar refractivity (Wildman–Crippen MR) is 136 cm³/mol. The van der Waals surface area contributed by atoms with Gasteiger partial charge in [-0.2, -0.15) is 0 Å². The number of urea groups is 1. The quantitative estimate of drug-likeness (QED) is 0.356. The van der Waals surface area contributed by atoms with Crippen LogP contribution in [0.1, 0.15) is 29.4 Å². The van der Waals surface area contributed by atoms with Gasteiger partial charge in [0.1, 0.15) is 12.2 Å². The van der Waals surface area contributed by atoms with E-state index in [9.17, 15) is 14.4 Å². The first-order valence-corrected chi connectivity index (χ1v) is 11.7. The van der Waals surface area contributed by atoms with Crippen molar-refractivity contribution in [2.45, 2.75) is 27.2 Å². The monoisotopic (exact) mass is 520 g/mol. The van der Waals surface area contributed by atoms with E-state index in [1.165, 1.54) is 0 Å². The SMILES string of the molecule is CCc1ccccc1NC(=O)CN1C(=O)N/C(=C/c2cc(C)n(-c3cccc(Br)c3)c2C)C1=O. The second kappa shape index (κ2) is 9.69. The van der Waals surface area contributed by atoms with E-state index >= 15 is 0 Å². The Kier molecular flexibility index (Phi) is 6.70. The molecule has 1 aromatic heterocycles. The second-order valence-corrected chi connectivity index (χ2v) is 9.00. The molecule has 3 aromatic rings. The van der Waals surface area contributed by atoms with Crippen molar-refractivity contribution in [3.8, 4) is 5.69 Å². The van der Waals surface area contributed by atoms with Crippen LogP contribution in [0.5, 0.6) is 0 Å². The maximum absolute atomic E-state index is 12.9. The fourth-order valence-electron chi connectivity index (χ4n) is 4.10. The molecular formula is C26H25BrN4O3. The van der Waals surface area contributed by atoms with Crippen molar-refractivity contribution < 1.29 is 14.4 Å². The Morgan fingerprint density at radius 3 is 2.59 bits per heavy atom. The van der Waals surface area contributed by atoms with Gasteiger partial charge in [-0.25, -0.2) is 9.69 Å². The van der Waals surface area contributed by atoms with Gasteiger partial charge in [-0.05, 0) is 67.8 Å². The third kappa shape index (κ3) is 4.68. The number of aromatic nitrogens is 1.